The number of likely N-dealkylation sites (tertiary alicyclic amines) is 1. The zero-order valence-electron chi connectivity index (χ0n) is 15.2. The number of sulfone groups is 1. The normalized spacial score (nSPS) is 18.0. The van der Waals surface area contributed by atoms with Gasteiger partial charge in [0.25, 0.3) is 5.91 Å². The minimum atomic E-state index is -3.92. The Labute approximate surface area is 164 Å². The number of hydrogen-bond acceptors (Lipinski definition) is 5. The van der Waals surface area contributed by atoms with Gasteiger partial charge in [-0.05, 0) is 49.6 Å². The second-order valence-corrected chi connectivity index (χ2v) is 8.74. The summed E-state index contributed by atoms with van der Waals surface area (Å²) in [4.78, 5) is 16.2. The SMILES string of the molecule is N#Cc1cccc(N2C=C(C(=O)N3CCCCC3)S(=O)(=O)c3ccccc32)c1. The van der Waals surface area contributed by atoms with Gasteiger partial charge < -0.3 is 9.80 Å². The molecule has 1 fully saturated rings. The van der Waals surface area contributed by atoms with Crippen molar-refractivity contribution in [2.75, 3.05) is 18.0 Å². The maximum absolute atomic E-state index is 13.2. The molecule has 2 aromatic carbocycles. The van der Waals surface area contributed by atoms with E-state index in [2.05, 4.69) is 6.07 Å². The monoisotopic (exact) mass is 393 g/mol. The highest BCUT2D eigenvalue weighted by Crippen LogP contribution is 2.40. The van der Waals surface area contributed by atoms with Crippen molar-refractivity contribution in [2.45, 2.75) is 24.2 Å². The molecule has 2 aliphatic heterocycles. The van der Waals surface area contributed by atoms with Crippen molar-refractivity contribution in [1.29, 1.82) is 5.26 Å². The molecule has 142 valence electrons. The van der Waals surface area contributed by atoms with Gasteiger partial charge in [0.1, 0.15) is 0 Å². The van der Waals surface area contributed by atoms with Gasteiger partial charge in [-0.25, -0.2) is 8.42 Å². The number of carbonyl (C=O) groups excluding carboxylic acids is 1. The molecule has 1 saturated heterocycles. The third kappa shape index (κ3) is 3.06. The Balaban J connectivity index is 1.86. The Hall–Kier alpha value is -3.11. The third-order valence-electron chi connectivity index (χ3n) is 5.06. The van der Waals surface area contributed by atoms with Crippen molar-refractivity contribution >= 4 is 27.1 Å². The number of rotatable bonds is 2. The molecule has 0 saturated carbocycles. The van der Waals surface area contributed by atoms with Crippen LogP contribution in [0.5, 0.6) is 0 Å². The van der Waals surface area contributed by atoms with Gasteiger partial charge in [-0.1, -0.05) is 18.2 Å². The highest BCUT2D eigenvalue weighted by molar-refractivity contribution is 7.96. The van der Waals surface area contributed by atoms with E-state index in [0.29, 0.717) is 30.0 Å². The average molecular weight is 393 g/mol. The summed E-state index contributed by atoms with van der Waals surface area (Å²) >= 11 is 0. The van der Waals surface area contributed by atoms with Crippen LogP contribution >= 0.6 is 0 Å². The quantitative estimate of drug-likeness (QED) is 0.782. The van der Waals surface area contributed by atoms with Crippen molar-refractivity contribution in [3.8, 4) is 6.07 Å². The lowest BCUT2D eigenvalue weighted by molar-refractivity contribution is -0.127. The molecule has 4 rings (SSSR count). The second kappa shape index (κ2) is 7.13. The van der Waals surface area contributed by atoms with Crippen LogP contribution in [0.2, 0.25) is 0 Å². The first-order valence-electron chi connectivity index (χ1n) is 9.17. The molecule has 0 spiro atoms. The van der Waals surface area contributed by atoms with Crippen molar-refractivity contribution < 1.29 is 13.2 Å². The van der Waals surface area contributed by atoms with Gasteiger partial charge >= 0.3 is 0 Å². The number of nitrogens with zero attached hydrogens (tertiary/aromatic N) is 3. The van der Waals surface area contributed by atoms with Crippen molar-refractivity contribution in [2.24, 2.45) is 0 Å². The largest absolute Gasteiger partial charge is 0.338 e. The van der Waals surface area contributed by atoms with Gasteiger partial charge in [-0.3, -0.25) is 4.79 Å². The maximum atomic E-state index is 13.2. The lowest BCUT2D eigenvalue weighted by Gasteiger charge is -2.32. The molecular formula is C21H19N3O3S. The minimum absolute atomic E-state index is 0.0974. The second-order valence-electron chi connectivity index (χ2n) is 6.85. The van der Waals surface area contributed by atoms with E-state index in [4.69, 9.17) is 0 Å². The number of benzene rings is 2. The van der Waals surface area contributed by atoms with Crippen LogP contribution in [-0.4, -0.2) is 32.3 Å². The number of amides is 1. The van der Waals surface area contributed by atoms with Crippen molar-refractivity contribution in [3.05, 3.63) is 65.2 Å². The summed E-state index contributed by atoms with van der Waals surface area (Å²) in [6.45, 7) is 1.13. The van der Waals surface area contributed by atoms with Gasteiger partial charge in [0.15, 0.2) is 4.91 Å². The van der Waals surface area contributed by atoms with Gasteiger partial charge in [0.05, 0.1) is 22.2 Å². The third-order valence-corrected chi connectivity index (χ3v) is 6.84. The van der Waals surface area contributed by atoms with Crippen LogP contribution in [-0.2, 0) is 14.6 Å². The molecule has 0 bridgehead atoms. The van der Waals surface area contributed by atoms with E-state index in [1.165, 1.54) is 12.3 Å². The van der Waals surface area contributed by atoms with E-state index in [-0.39, 0.29) is 9.80 Å². The molecular weight excluding hydrogens is 374 g/mol. The van der Waals surface area contributed by atoms with Crippen LogP contribution < -0.4 is 4.90 Å². The summed E-state index contributed by atoms with van der Waals surface area (Å²) in [6.07, 6.45) is 4.20. The van der Waals surface area contributed by atoms with Crippen LogP contribution in [0.4, 0.5) is 11.4 Å². The first-order chi connectivity index (χ1) is 13.5. The Morgan fingerprint density at radius 3 is 2.50 bits per heavy atom. The number of anilines is 2. The van der Waals surface area contributed by atoms with Crippen molar-refractivity contribution in [1.82, 2.24) is 4.90 Å². The minimum Gasteiger partial charge on any atom is -0.338 e. The van der Waals surface area contributed by atoms with Crippen LogP contribution in [0.3, 0.4) is 0 Å². The summed E-state index contributed by atoms with van der Waals surface area (Å²) in [5.74, 6) is -0.462. The average Bonchev–Trinajstić information content (AvgIpc) is 2.74. The first kappa shape index (κ1) is 18.3. The number of piperidine rings is 1. The zero-order valence-corrected chi connectivity index (χ0v) is 16.0. The molecule has 1 amide bonds. The predicted molar refractivity (Wildman–Crippen MR) is 105 cm³/mol. The van der Waals surface area contributed by atoms with Crippen LogP contribution in [0.15, 0.2) is 64.5 Å². The van der Waals surface area contributed by atoms with Crippen molar-refractivity contribution in [3.63, 3.8) is 0 Å². The fourth-order valence-electron chi connectivity index (χ4n) is 3.62. The fraction of sp³-hybridized carbons (Fsp3) is 0.238. The smallest absolute Gasteiger partial charge is 0.267 e. The molecule has 0 unspecified atom stereocenters. The highest BCUT2D eigenvalue weighted by atomic mass is 32.2. The first-order valence-corrected chi connectivity index (χ1v) is 10.7. The van der Waals surface area contributed by atoms with Crippen LogP contribution in [0.25, 0.3) is 0 Å². The molecule has 28 heavy (non-hydrogen) atoms. The van der Waals surface area contributed by atoms with Gasteiger partial charge in [-0.2, -0.15) is 5.26 Å². The molecule has 6 nitrogen and oxygen atoms in total. The number of nitriles is 1. The maximum Gasteiger partial charge on any atom is 0.267 e. The molecule has 7 heteroatoms. The summed E-state index contributed by atoms with van der Waals surface area (Å²) in [5, 5.41) is 9.21. The number of hydrogen-bond donors (Lipinski definition) is 0. The molecule has 2 aliphatic rings. The summed E-state index contributed by atoms with van der Waals surface area (Å²) < 4.78 is 26.4. The standard InChI is InChI=1S/C21H19N3O3S/c22-14-16-7-6-8-17(13-16)24-15-20(21(25)23-11-4-1-5-12-23)28(26,27)19-10-3-2-9-18(19)24/h2-3,6-10,13,15H,1,4-5,11-12H2. The predicted octanol–water partition coefficient (Wildman–Crippen LogP) is 3.34. The number of para-hydroxylation sites is 1. The van der Waals surface area contributed by atoms with E-state index >= 15 is 0 Å². The Morgan fingerprint density at radius 2 is 1.75 bits per heavy atom. The molecule has 0 N–H and O–H groups in total. The Morgan fingerprint density at radius 1 is 1.00 bits per heavy atom. The molecule has 2 heterocycles. The Bertz CT molecular complexity index is 1110. The van der Waals surface area contributed by atoms with E-state index in [0.717, 1.165) is 19.3 Å². The highest BCUT2D eigenvalue weighted by Gasteiger charge is 2.37. The fourth-order valence-corrected chi connectivity index (χ4v) is 5.16. The molecule has 2 aromatic rings. The molecule has 0 aromatic heterocycles. The summed E-state index contributed by atoms with van der Waals surface area (Å²) in [5.41, 5.74) is 1.55. The summed E-state index contributed by atoms with van der Waals surface area (Å²) in [6, 6.07) is 15.6. The lowest BCUT2D eigenvalue weighted by Crippen LogP contribution is -2.39. The lowest BCUT2D eigenvalue weighted by atomic mass is 10.1. The van der Waals surface area contributed by atoms with E-state index in [1.54, 1.807) is 52.3 Å². The summed E-state index contributed by atoms with van der Waals surface area (Å²) in [7, 11) is -3.92. The van der Waals surface area contributed by atoms with E-state index in [9.17, 15) is 18.5 Å². The number of fused-ring (bicyclic) bond motifs is 1. The van der Waals surface area contributed by atoms with Gasteiger partial charge in [-0.15, -0.1) is 0 Å². The van der Waals surface area contributed by atoms with E-state index < -0.39 is 15.7 Å². The van der Waals surface area contributed by atoms with Crippen LogP contribution in [0, 0.1) is 11.3 Å². The zero-order chi connectivity index (χ0) is 19.7. The molecule has 0 atom stereocenters. The topological polar surface area (TPSA) is 81.5 Å². The Kier molecular flexibility index (Phi) is 4.65. The molecule has 0 aliphatic carbocycles. The van der Waals surface area contributed by atoms with Crippen LogP contribution in [0.1, 0.15) is 24.8 Å². The molecule has 0 radical (unpaired) electrons. The van der Waals surface area contributed by atoms with E-state index in [1.807, 2.05) is 0 Å². The van der Waals surface area contributed by atoms with Gasteiger partial charge in [0.2, 0.25) is 9.84 Å². The number of carbonyl (C=O) groups is 1. The van der Waals surface area contributed by atoms with Gasteiger partial charge in [0, 0.05) is 25.0 Å².